The van der Waals surface area contributed by atoms with E-state index in [0.717, 1.165) is 15.0 Å². The fourth-order valence-electron chi connectivity index (χ4n) is 1.90. The number of amides is 1. The van der Waals surface area contributed by atoms with Crippen LogP contribution < -0.4 is 5.32 Å². The van der Waals surface area contributed by atoms with E-state index in [0.29, 0.717) is 10.1 Å². The summed E-state index contributed by atoms with van der Waals surface area (Å²) >= 11 is 3.60. The Morgan fingerprint density at radius 2 is 2.19 bits per heavy atom. The lowest BCUT2D eigenvalue weighted by Crippen LogP contribution is -2.19. The molecule has 1 N–H and O–H groups in total. The molecule has 1 amide bonds. The molecule has 0 unspecified atom stereocenters. The largest absolute Gasteiger partial charge is 0.351 e. The molecule has 6 heteroatoms. The van der Waals surface area contributed by atoms with Crippen molar-refractivity contribution in [3.05, 3.63) is 56.8 Å². The number of benzene rings is 1. The average Bonchev–Trinajstić information content (AvgIpc) is 2.98. The third-order valence-electron chi connectivity index (χ3n) is 2.95. The van der Waals surface area contributed by atoms with Crippen LogP contribution in [-0.2, 0) is 11.8 Å². The van der Waals surface area contributed by atoms with Gasteiger partial charge in [-0.3, -0.25) is 4.79 Å². The van der Waals surface area contributed by atoms with E-state index in [1.54, 1.807) is 0 Å². The quantitative estimate of drug-likeness (QED) is 0.610. The van der Waals surface area contributed by atoms with E-state index >= 15 is 0 Å². The van der Waals surface area contributed by atoms with Crippen molar-refractivity contribution in [3.8, 4) is 0 Å². The summed E-state index contributed by atoms with van der Waals surface area (Å²) in [5.41, 5.74) is 1.83. The zero-order valence-corrected chi connectivity index (χ0v) is 14.2. The molecule has 21 heavy (non-hydrogen) atoms. The van der Waals surface area contributed by atoms with Crippen LogP contribution in [-0.4, -0.2) is 15.6 Å². The van der Waals surface area contributed by atoms with E-state index < -0.39 is 0 Å². The Hall–Kier alpha value is -1.54. The van der Waals surface area contributed by atoms with Gasteiger partial charge >= 0.3 is 0 Å². The highest BCUT2D eigenvalue weighted by Crippen LogP contribution is 2.28. The van der Waals surface area contributed by atoms with Crippen molar-refractivity contribution >= 4 is 57.2 Å². The Morgan fingerprint density at radius 1 is 1.33 bits per heavy atom. The number of aryl methyl sites for hydroxylation is 1. The maximum Gasteiger partial charge on any atom is 0.264 e. The lowest BCUT2D eigenvalue weighted by atomic mass is 10.3. The zero-order valence-electron chi connectivity index (χ0n) is 11.2. The monoisotopic (exact) mass is 409 g/mol. The molecule has 0 aliphatic carbocycles. The summed E-state index contributed by atoms with van der Waals surface area (Å²) in [7, 11) is 1.95. The molecule has 106 valence electrons. The van der Waals surface area contributed by atoms with E-state index in [4.69, 9.17) is 0 Å². The van der Waals surface area contributed by atoms with Gasteiger partial charge in [-0.15, -0.1) is 0 Å². The molecular weight excluding hydrogens is 397 g/mol. The number of nitrogens with one attached hydrogen (secondary N) is 1. The van der Waals surface area contributed by atoms with E-state index in [1.165, 1.54) is 11.8 Å². The predicted molar refractivity (Wildman–Crippen MR) is 95.4 cm³/mol. The summed E-state index contributed by atoms with van der Waals surface area (Å²) in [4.78, 5) is 17.1. The number of hydrogen-bond acceptors (Lipinski definition) is 3. The Bertz CT molecular complexity index is 764. The number of rotatable bonds is 2. The van der Waals surface area contributed by atoms with Gasteiger partial charge in [0.1, 0.15) is 0 Å². The summed E-state index contributed by atoms with van der Waals surface area (Å²) in [5, 5.41) is 3.41. The molecule has 1 aliphatic heterocycles. The van der Waals surface area contributed by atoms with E-state index in [2.05, 4.69) is 32.9 Å². The third kappa shape index (κ3) is 3.38. The van der Waals surface area contributed by atoms with Crippen molar-refractivity contribution in [1.29, 1.82) is 0 Å². The molecule has 1 aliphatic rings. The first kappa shape index (κ1) is 14.4. The first-order valence-corrected chi connectivity index (χ1v) is 8.18. The van der Waals surface area contributed by atoms with Crippen LogP contribution in [0.2, 0.25) is 0 Å². The Balaban J connectivity index is 1.85. The van der Waals surface area contributed by atoms with Gasteiger partial charge in [0.15, 0.2) is 5.17 Å². The maximum absolute atomic E-state index is 12.0. The fraction of sp³-hybridized carbons (Fsp3) is 0.0667. The first-order valence-electron chi connectivity index (χ1n) is 6.28. The smallest absolute Gasteiger partial charge is 0.264 e. The van der Waals surface area contributed by atoms with Crippen LogP contribution in [0.3, 0.4) is 0 Å². The van der Waals surface area contributed by atoms with Gasteiger partial charge in [-0.05, 0) is 70.8 Å². The number of carbonyl (C=O) groups is 1. The number of amidine groups is 1. The molecule has 1 saturated heterocycles. The van der Waals surface area contributed by atoms with Crippen molar-refractivity contribution < 1.29 is 4.79 Å². The van der Waals surface area contributed by atoms with Crippen LogP contribution >= 0.6 is 34.4 Å². The van der Waals surface area contributed by atoms with Gasteiger partial charge in [0, 0.05) is 22.5 Å². The number of aromatic nitrogens is 1. The minimum absolute atomic E-state index is 0.106. The van der Waals surface area contributed by atoms with Crippen molar-refractivity contribution in [2.45, 2.75) is 0 Å². The Kier molecular flexibility index (Phi) is 4.16. The summed E-state index contributed by atoms with van der Waals surface area (Å²) in [6.45, 7) is 0. The molecule has 2 heterocycles. The highest BCUT2D eigenvalue weighted by molar-refractivity contribution is 14.1. The second-order valence-corrected chi connectivity index (χ2v) is 6.78. The summed E-state index contributed by atoms with van der Waals surface area (Å²) in [6.07, 6.45) is 3.82. The van der Waals surface area contributed by atoms with Crippen LogP contribution in [0.5, 0.6) is 0 Å². The van der Waals surface area contributed by atoms with Gasteiger partial charge in [0.25, 0.3) is 5.91 Å². The third-order valence-corrected chi connectivity index (χ3v) is 4.53. The molecule has 4 nitrogen and oxygen atoms in total. The number of nitrogens with zero attached hydrogens (tertiary/aromatic N) is 2. The molecular formula is C15H12IN3OS. The van der Waals surface area contributed by atoms with Gasteiger partial charge in [0.2, 0.25) is 0 Å². The number of carbonyl (C=O) groups excluding carboxylic acids is 1. The van der Waals surface area contributed by atoms with Gasteiger partial charge in [-0.2, -0.15) is 0 Å². The molecule has 0 radical (unpaired) electrons. The van der Waals surface area contributed by atoms with Gasteiger partial charge in [-0.25, -0.2) is 4.99 Å². The molecule has 1 fully saturated rings. The lowest BCUT2D eigenvalue weighted by molar-refractivity contribution is -0.115. The van der Waals surface area contributed by atoms with E-state index in [-0.39, 0.29) is 5.91 Å². The van der Waals surface area contributed by atoms with E-state index in [1.807, 2.05) is 60.3 Å². The number of thioether (sulfide) groups is 1. The average molecular weight is 409 g/mol. The second-order valence-electron chi connectivity index (χ2n) is 4.51. The minimum Gasteiger partial charge on any atom is -0.351 e. The number of hydrogen-bond donors (Lipinski definition) is 1. The fourth-order valence-corrected chi connectivity index (χ4v) is 3.26. The molecule has 1 aromatic carbocycles. The molecule has 0 atom stereocenters. The highest BCUT2D eigenvalue weighted by Gasteiger charge is 2.24. The van der Waals surface area contributed by atoms with Crippen LogP contribution in [0.1, 0.15) is 5.69 Å². The van der Waals surface area contributed by atoms with Gasteiger partial charge in [-0.1, -0.05) is 6.07 Å². The molecule has 2 aromatic rings. The van der Waals surface area contributed by atoms with Crippen molar-refractivity contribution in [2.24, 2.45) is 12.0 Å². The van der Waals surface area contributed by atoms with Crippen LogP contribution in [0.15, 0.2) is 52.5 Å². The second kappa shape index (κ2) is 6.07. The summed E-state index contributed by atoms with van der Waals surface area (Å²) < 4.78 is 3.08. The number of halogens is 1. The first-order chi connectivity index (χ1) is 10.1. The molecule has 0 saturated carbocycles. The Morgan fingerprint density at radius 3 is 2.90 bits per heavy atom. The Labute approximate surface area is 140 Å². The molecule has 3 rings (SSSR count). The van der Waals surface area contributed by atoms with Crippen molar-refractivity contribution in [3.63, 3.8) is 0 Å². The molecule has 1 aromatic heterocycles. The standard InChI is InChI=1S/C15H12IN3OS/c1-19-7-3-6-12(19)9-13-14(20)18-15(21-13)17-11-5-2-4-10(16)8-11/h2-9H,1H3,(H,17,18,20)/b13-9+. The minimum atomic E-state index is -0.106. The molecule has 0 bridgehead atoms. The van der Waals surface area contributed by atoms with Crippen LogP contribution in [0, 0.1) is 3.57 Å². The van der Waals surface area contributed by atoms with Crippen LogP contribution in [0.25, 0.3) is 6.08 Å². The lowest BCUT2D eigenvalue weighted by Gasteiger charge is -1.97. The van der Waals surface area contributed by atoms with Crippen LogP contribution in [0.4, 0.5) is 5.69 Å². The van der Waals surface area contributed by atoms with Gasteiger partial charge < -0.3 is 9.88 Å². The topological polar surface area (TPSA) is 46.4 Å². The number of aliphatic imine (C=N–C) groups is 1. The highest BCUT2D eigenvalue weighted by atomic mass is 127. The normalized spacial score (nSPS) is 18.5. The van der Waals surface area contributed by atoms with Crippen molar-refractivity contribution in [1.82, 2.24) is 9.88 Å². The summed E-state index contributed by atoms with van der Waals surface area (Å²) in [6, 6.07) is 11.8. The maximum atomic E-state index is 12.0. The summed E-state index contributed by atoms with van der Waals surface area (Å²) in [5.74, 6) is -0.106. The molecule has 0 spiro atoms. The zero-order chi connectivity index (χ0) is 14.8. The van der Waals surface area contributed by atoms with Crippen molar-refractivity contribution in [2.75, 3.05) is 0 Å². The van der Waals surface area contributed by atoms with Gasteiger partial charge in [0.05, 0.1) is 10.6 Å². The SMILES string of the molecule is Cn1cccc1/C=C1/SC(=Nc2cccc(I)c2)NC1=O. The van der Waals surface area contributed by atoms with E-state index in [9.17, 15) is 4.79 Å². The predicted octanol–water partition coefficient (Wildman–Crippen LogP) is 3.52.